The molecule has 1 aliphatic carbocycles. The number of nitro groups is 1. The molecule has 0 saturated heterocycles. The summed E-state index contributed by atoms with van der Waals surface area (Å²) in [5.41, 5.74) is 0.315. The number of non-ortho nitro benzene ring substituents is 1. The molecule has 0 aliphatic heterocycles. The molecule has 1 aromatic carbocycles. The second kappa shape index (κ2) is 10.2. The third kappa shape index (κ3) is 5.92. The standard InChI is InChI=1S/C22H30N2O5S/c1-5-15-29-20(25)22(16-17-10-12-18(13-11-17)24(26)27)14-8-6-7-9-19(22)23-30(28)21(2,3)4/h5,10-13H,1,6-9,14-16H2,2-4H3/b23-19+/t22-,30?/m0/s1. The van der Waals surface area contributed by atoms with E-state index in [0.717, 1.165) is 24.8 Å². The summed E-state index contributed by atoms with van der Waals surface area (Å²) in [6.07, 6.45) is 5.52. The highest BCUT2D eigenvalue weighted by Gasteiger charge is 2.47. The molecule has 30 heavy (non-hydrogen) atoms. The SMILES string of the molecule is C=CCOC(=O)[C@]1(Cc2ccc([N+](=O)[O-])cc2)CCCCC/C1=N\[S+]([O-])C(C)(C)C. The van der Waals surface area contributed by atoms with Crippen LogP contribution in [0.4, 0.5) is 5.69 Å². The van der Waals surface area contributed by atoms with E-state index in [0.29, 0.717) is 25.0 Å². The average molecular weight is 435 g/mol. The normalized spacial score (nSPS) is 22.2. The zero-order chi connectivity index (χ0) is 22.4. The molecule has 0 radical (unpaired) electrons. The molecule has 0 amide bonds. The van der Waals surface area contributed by atoms with Crippen molar-refractivity contribution in [2.24, 2.45) is 9.81 Å². The van der Waals surface area contributed by atoms with Gasteiger partial charge < -0.3 is 9.29 Å². The molecule has 1 saturated carbocycles. The van der Waals surface area contributed by atoms with Gasteiger partial charge in [0.2, 0.25) is 0 Å². The van der Waals surface area contributed by atoms with Gasteiger partial charge in [0.25, 0.3) is 5.69 Å². The first kappa shape index (κ1) is 24.1. The minimum atomic E-state index is -1.51. The van der Waals surface area contributed by atoms with Crippen molar-refractivity contribution in [1.82, 2.24) is 0 Å². The van der Waals surface area contributed by atoms with Crippen LogP contribution < -0.4 is 0 Å². The van der Waals surface area contributed by atoms with Gasteiger partial charge in [0, 0.05) is 12.1 Å². The Morgan fingerprint density at radius 3 is 2.53 bits per heavy atom. The summed E-state index contributed by atoms with van der Waals surface area (Å²) in [7, 11) is 0. The topological polar surface area (TPSA) is 105 Å². The van der Waals surface area contributed by atoms with Gasteiger partial charge in [-0.3, -0.25) is 14.9 Å². The molecule has 0 heterocycles. The van der Waals surface area contributed by atoms with Crippen LogP contribution in [0.3, 0.4) is 0 Å². The number of rotatable bonds is 7. The molecule has 164 valence electrons. The Balaban J connectivity index is 2.52. The van der Waals surface area contributed by atoms with Crippen LogP contribution in [0.15, 0.2) is 41.3 Å². The van der Waals surface area contributed by atoms with Gasteiger partial charge in [0.15, 0.2) is 0 Å². The molecule has 0 N–H and O–H groups in total. The molecule has 1 unspecified atom stereocenters. The molecule has 8 heteroatoms. The largest absolute Gasteiger partial charge is 0.591 e. The van der Waals surface area contributed by atoms with Crippen molar-refractivity contribution in [3.05, 3.63) is 52.6 Å². The van der Waals surface area contributed by atoms with Gasteiger partial charge in [0.05, 0.1) is 10.6 Å². The minimum Gasteiger partial charge on any atom is -0.591 e. The van der Waals surface area contributed by atoms with E-state index >= 15 is 0 Å². The highest BCUT2D eigenvalue weighted by atomic mass is 32.2. The predicted octanol–water partition coefficient (Wildman–Crippen LogP) is 4.72. The minimum absolute atomic E-state index is 0.00868. The van der Waals surface area contributed by atoms with E-state index in [9.17, 15) is 19.5 Å². The second-order valence-corrected chi connectivity index (χ2v) is 10.4. The highest BCUT2D eigenvalue weighted by molar-refractivity contribution is 7.91. The number of ether oxygens (including phenoxy) is 1. The first-order chi connectivity index (χ1) is 14.1. The lowest BCUT2D eigenvalue weighted by Crippen LogP contribution is -2.43. The van der Waals surface area contributed by atoms with Gasteiger partial charge in [-0.1, -0.05) is 42.0 Å². The Morgan fingerprint density at radius 2 is 1.97 bits per heavy atom. The molecule has 0 aromatic heterocycles. The predicted molar refractivity (Wildman–Crippen MR) is 119 cm³/mol. The molecule has 2 rings (SSSR count). The molecule has 0 spiro atoms. The maximum Gasteiger partial charge on any atom is 0.318 e. The van der Waals surface area contributed by atoms with Crippen LogP contribution in [0.1, 0.15) is 58.4 Å². The van der Waals surface area contributed by atoms with E-state index in [1.54, 1.807) is 12.1 Å². The fourth-order valence-corrected chi connectivity index (χ4v) is 4.23. The number of carbonyl (C=O) groups excluding carboxylic acids is 1. The third-order valence-electron chi connectivity index (χ3n) is 5.16. The van der Waals surface area contributed by atoms with Gasteiger partial charge in [-0.2, -0.15) is 0 Å². The molecular weight excluding hydrogens is 404 g/mol. The fraction of sp³-hybridized carbons (Fsp3) is 0.545. The zero-order valence-electron chi connectivity index (χ0n) is 17.9. The van der Waals surface area contributed by atoms with Crippen LogP contribution in [-0.4, -0.2) is 32.5 Å². The third-order valence-corrected chi connectivity index (χ3v) is 6.60. The number of nitro benzene ring substituents is 1. The molecular formula is C22H30N2O5S. The maximum absolute atomic E-state index is 13.3. The van der Waals surface area contributed by atoms with Crippen molar-refractivity contribution in [1.29, 1.82) is 0 Å². The summed E-state index contributed by atoms with van der Waals surface area (Å²) in [5.74, 6) is -0.410. The molecule has 1 fully saturated rings. The van der Waals surface area contributed by atoms with Crippen molar-refractivity contribution in [3.8, 4) is 0 Å². The lowest BCUT2D eigenvalue weighted by atomic mass is 9.74. The molecule has 7 nitrogen and oxygen atoms in total. The quantitative estimate of drug-likeness (QED) is 0.154. The van der Waals surface area contributed by atoms with Crippen molar-refractivity contribution in [2.45, 2.75) is 64.0 Å². The van der Waals surface area contributed by atoms with E-state index in [4.69, 9.17) is 4.74 Å². The monoisotopic (exact) mass is 434 g/mol. The van der Waals surface area contributed by atoms with E-state index in [1.165, 1.54) is 18.2 Å². The van der Waals surface area contributed by atoms with Crippen molar-refractivity contribution >= 4 is 28.7 Å². The Hall–Kier alpha value is -2.19. The molecule has 1 aromatic rings. The van der Waals surface area contributed by atoms with E-state index in [-0.39, 0.29) is 12.3 Å². The Kier molecular flexibility index (Phi) is 8.20. The van der Waals surface area contributed by atoms with Gasteiger partial charge in [-0.05, 0) is 52.0 Å². The summed E-state index contributed by atoms with van der Waals surface area (Å²) in [6, 6.07) is 6.17. The van der Waals surface area contributed by atoms with E-state index in [1.807, 2.05) is 20.8 Å². The summed E-state index contributed by atoms with van der Waals surface area (Å²) in [4.78, 5) is 23.8. The molecule has 1 aliphatic rings. The van der Waals surface area contributed by atoms with Crippen LogP contribution in [0, 0.1) is 15.5 Å². The summed E-state index contributed by atoms with van der Waals surface area (Å²) in [6.45, 7) is 9.22. The lowest BCUT2D eigenvalue weighted by molar-refractivity contribution is -0.384. The second-order valence-electron chi connectivity index (χ2n) is 8.53. The van der Waals surface area contributed by atoms with Crippen molar-refractivity contribution < 1.29 is 19.0 Å². The number of hydrogen-bond donors (Lipinski definition) is 0. The number of hydrogen-bond acceptors (Lipinski definition) is 6. The molecule has 2 atom stereocenters. The van der Waals surface area contributed by atoms with Crippen molar-refractivity contribution in [2.75, 3.05) is 6.61 Å². The zero-order valence-corrected chi connectivity index (χ0v) is 18.7. The van der Waals surface area contributed by atoms with Gasteiger partial charge in [0.1, 0.15) is 28.1 Å². The summed E-state index contributed by atoms with van der Waals surface area (Å²) < 4.78 is 22.3. The smallest absolute Gasteiger partial charge is 0.318 e. The van der Waals surface area contributed by atoms with Gasteiger partial charge in [-0.15, -0.1) is 0 Å². The number of nitrogens with zero attached hydrogens (tertiary/aromatic N) is 2. The van der Waals surface area contributed by atoms with E-state index < -0.39 is 32.4 Å². The first-order valence-electron chi connectivity index (χ1n) is 10.1. The fourth-order valence-electron chi connectivity index (χ4n) is 3.49. The first-order valence-corrected chi connectivity index (χ1v) is 11.2. The van der Waals surface area contributed by atoms with Gasteiger partial charge >= 0.3 is 5.97 Å². The van der Waals surface area contributed by atoms with Crippen LogP contribution in [0.5, 0.6) is 0 Å². The summed E-state index contributed by atoms with van der Waals surface area (Å²) >= 11 is -1.51. The number of carbonyl (C=O) groups is 1. The average Bonchev–Trinajstić information content (AvgIpc) is 2.89. The Morgan fingerprint density at radius 1 is 1.30 bits per heavy atom. The lowest BCUT2D eigenvalue weighted by Gasteiger charge is -2.32. The number of benzene rings is 1. The summed E-state index contributed by atoms with van der Waals surface area (Å²) in [5, 5.41) is 11.0. The van der Waals surface area contributed by atoms with Crippen LogP contribution >= 0.6 is 0 Å². The van der Waals surface area contributed by atoms with Crippen LogP contribution in [0.2, 0.25) is 0 Å². The van der Waals surface area contributed by atoms with Crippen LogP contribution in [0.25, 0.3) is 0 Å². The Bertz CT molecular complexity index is 801. The van der Waals surface area contributed by atoms with Crippen LogP contribution in [-0.2, 0) is 27.3 Å². The van der Waals surface area contributed by atoms with Crippen molar-refractivity contribution in [3.63, 3.8) is 0 Å². The maximum atomic E-state index is 13.3. The Labute approximate surface area is 181 Å². The highest BCUT2D eigenvalue weighted by Crippen LogP contribution is 2.39. The van der Waals surface area contributed by atoms with Gasteiger partial charge in [-0.25, -0.2) is 0 Å². The number of esters is 1. The molecule has 0 bridgehead atoms. The van der Waals surface area contributed by atoms with E-state index in [2.05, 4.69) is 11.0 Å².